The SMILES string of the molecule is C=CC(=O)OC(F)C(F)(F)C(F)(F)C(F)(F)C(F)(F)C(F)(F)C(F)(F)C(F)(F)C(F)(F)C(F)(F)C(F)(F)C(F)(F)F. The smallest absolute Gasteiger partial charge is 0.421 e. The first kappa shape index (κ1) is 38.5. The zero-order valence-electron chi connectivity index (χ0n) is 17.7. The Morgan fingerprint density at radius 1 is 0.463 bits per heavy atom. The highest BCUT2D eigenvalue weighted by atomic mass is 19.4. The van der Waals surface area contributed by atoms with Gasteiger partial charge in [-0.1, -0.05) is 6.58 Å². The second kappa shape index (κ2) is 9.79. The second-order valence-corrected chi connectivity index (χ2v) is 7.25. The lowest BCUT2D eigenvalue weighted by molar-refractivity contribution is -0.480. The summed E-state index contributed by atoms with van der Waals surface area (Å²) in [6.07, 6.45) is -14.2. The summed E-state index contributed by atoms with van der Waals surface area (Å²) in [6.45, 7) is 2.27. The van der Waals surface area contributed by atoms with E-state index in [0.717, 1.165) is 0 Å². The van der Waals surface area contributed by atoms with E-state index in [4.69, 9.17) is 0 Å². The molecule has 0 saturated heterocycles. The zero-order chi connectivity index (χ0) is 34.1. The molecule has 0 aromatic heterocycles. The summed E-state index contributed by atoms with van der Waals surface area (Å²) in [6, 6.07) is 0. The number of alkyl halides is 24. The summed E-state index contributed by atoms with van der Waals surface area (Å²) in [5.41, 5.74) is 0. The number of carbonyl (C=O) groups excluding carboxylic acids is 1. The molecule has 244 valence electrons. The third-order valence-corrected chi connectivity index (χ3v) is 4.60. The minimum absolute atomic E-state index is 0.442. The first-order valence-corrected chi connectivity index (χ1v) is 8.69. The maximum atomic E-state index is 13.6. The van der Waals surface area contributed by atoms with Crippen LogP contribution >= 0.6 is 0 Å². The second-order valence-electron chi connectivity index (χ2n) is 7.25. The number of halogens is 24. The number of rotatable bonds is 12. The van der Waals surface area contributed by atoms with E-state index in [9.17, 15) is 110 Å². The number of hydrogen-bond donors (Lipinski definition) is 0. The molecular formula is C15H4F24O2. The van der Waals surface area contributed by atoms with E-state index in [1.165, 1.54) is 0 Å². The standard InChI is InChI=1S/C15H4F24O2/c1-2-3(40)41-4(16)5(17,18)6(19,20)7(21,22)8(23,24)9(25,26)10(27,28)11(29,30)12(31,32)13(33,34)14(35,36)15(37,38)39/h2,4H,1H2. The molecular weight excluding hydrogens is 668 g/mol. The highest BCUT2D eigenvalue weighted by Crippen LogP contribution is 2.67. The normalized spacial score (nSPS) is 16.9. The Balaban J connectivity index is 7.21. The third-order valence-electron chi connectivity index (χ3n) is 4.60. The fourth-order valence-corrected chi connectivity index (χ4v) is 2.13. The first-order valence-electron chi connectivity index (χ1n) is 8.69. The summed E-state index contributed by atoms with van der Waals surface area (Å²) in [5, 5.41) is 0. The van der Waals surface area contributed by atoms with Crippen LogP contribution in [0, 0.1) is 0 Å². The largest absolute Gasteiger partial charge is 0.460 e. The van der Waals surface area contributed by atoms with Crippen LogP contribution in [-0.2, 0) is 9.53 Å². The number of ether oxygens (including phenoxy) is 1. The highest BCUT2D eigenvalue weighted by molar-refractivity contribution is 5.81. The van der Waals surface area contributed by atoms with E-state index in [2.05, 4.69) is 11.3 Å². The van der Waals surface area contributed by atoms with Crippen molar-refractivity contribution in [3.8, 4) is 0 Å². The molecule has 0 fully saturated rings. The molecule has 0 amide bonds. The van der Waals surface area contributed by atoms with Gasteiger partial charge in [0.15, 0.2) is 0 Å². The molecule has 0 aromatic carbocycles. The molecule has 41 heavy (non-hydrogen) atoms. The predicted molar refractivity (Wildman–Crippen MR) is 76.7 cm³/mol. The minimum Gasteiger partial charge on any atom is -0.421 e. The molecule has 26 heteroatoms. The van der Waals surface area contributed by atoms with Gasteiger partial charge in [-0.05, 0) is 0 Å². The van der Waals surface area contributed by atoms with Crippen molar-refractivity contribution in [3.05, 3.63) is 12.7 Å². The third kappa shape index (κ3) is 4.78. The summed E-state index contributed by atoms with van der Waals surface area (Å²) >= 11 is 0. The summed E-state index contributed by atoms with van der Waals surface area (Å²) in [5.74, 6) is -93.2. The molecule has 0 heterocycles. The molecule has 0 aliphatic carbocycles. The van der Waals surface area contributed by atoms with Crippen LogP contribution in [-0.4, -0.2) is 77.7 Å². The summed E-state index contributed by atoms with van der Waals surface area (Å²) < 4.78 is 319. The van der Waals surface area contributed by atoms with Crippen molar-refractivity contribution in [3.63, 3.8) is 0 Å². The summed E-state index contributed by atoms with van der Waals surface area (Å²) in [7, 11) is 0. The van der Waals surface area contributed by atoms with Gasteiger partial charge in [0.25, 0.3) is 0 Å². The van der Waals surface area contributed by atoms with Gasteiger partial charge in [0, 0.05) is 6.08 Å². The van der Waals surface area contributed by atoms with Gasteiger partial charge in [-0.2, -0.15) is 105 Å². The fraction of sp³-hybridized carbons (Fsp3) is 0.800. The lowest BCUT2D eigenvalue weighted by Gasteiger charge is -2.45. The van der Waals surface area contributed by atoms with Gasteiger partial charge in [0.05, 0.1) is 0 Å². The Morgan fingerprint density at radius 2 is 0.683 bits per heavy atom. The van der Waals surface area contributed by atoms with Crippen LogP contribution in [0.1, 0.15) is 0 Å². The van der Waals surface area contributed by atoms with Crippen molar-refractivity contribution in [2.45, 2.75) is 71.8 Å². The highest BCUT2D eigenvalue weighted by Gasteiger charge is 2.99. The molecule has 1 unspecified atom stereocenters. The summed E-state index contributed by atoms with van der Waals surface area (Å²) in [4.78, 5) is 10.5. The minimum atomic E-state index is -9.56. The Kier molecular flexibility index (Phi) is 9.20. The van der Waals surface area contributed by atoms with Gasteiger partial charge in [-0.15, -0.1) is 0 Å². The molecule has 0 saturated carbocycles. The van der Waals surface area contributed by atoms with Crippen molar-refractivity contribution in [2.24, 2.45) is 0 Å². The van der Waals surface area contributed by atoms with Gasteiger partial charge in [0.2, 0.25) is 0 Å². The number of esters is 1. The Labute approximate surface area is 206 Å². The Morgan fingerprint density at radius 3 is 0.902 bits per heavy atom. The van der Waals surface area contributed by atoms with Crippen LogP contribution < -0.4 is 0 Å². The van der Waals surface area contributed by atoms with E-state index in [1.54, 1.807) is 0 Å². The van der Waals surface area contributed by atoms with E-state index < -0.39 is 83.8 Å². The molecule has 0 radical (unpaired) electrons. The van der Waals surface area contributed by atoms with Crippen molar-refractivity contribution in [1.29, 1.82) is 0 Å². The molecule has 1 atom stereocenters. The Hall–Kier alpha value is -2.47. The van der Waals surface area contributed by atoms with E-state index >= 15 is 0 Å². The van der Waals surface area contributed by atoms with Crippen LogP contribution in [0.5, 0.6) is 0 Å². The van der Waals surface area contributed by atoms with Gasteiger partial charge >= 0.3 is 77.7 Å². The molecule has 2 nitrogen and oxygen atoms in total. The van der Waals surface area contributed by atoms with E-state index in [1.807, 2.05) is 0 Å². The maximum Gasteiger partial charge on any atom is 0.460 e. The van der Waals surface area contributed by atoms with Crippen molar-refractivity contribution < 1.29 is 115 Å². The molecule has 0 spiro atoms. The zero-order valence-corrected chi connectivity index (χ0v) is 17.7. The van der Waals surface area contributed by atoms with Crippen molar-refractivity contribution in [1.82, 2.24) is 0 Å². The lowest BCUT2D eigenvalue weighted by atomic mass is 9.85. The molecule has 0 N–H and O–H groups in total. The van der Waals surface area contributed by atoms with Crippen LogP contribution in [0.4, 0.5) is 105 Å². The topological polar surface area (TPSA) is 26.3 Å². The van der Waals surface area contributed by atoms with Gasteiger partial charge in [-0.25, -0.2) is 4.79 Å². The first-order chi connectivity index (χ1) is 17.4. The average Bonchev–Trinajstić information content (AvgIpc) is 2.76. The molecule has 0 bridgehead atoms. The molecule has 0 rings (SSSR count). The Bertz CT molecular complexity index is 990. The molecule has 0 aliphatic heterocycles. The monoisotopic (exact) mass is 672 g/mol. The van der Waals surface area contributed by atoms with E-state index in [0.29, 0.717) is 0 Å². The predicted octanol–water partition coefficient (Wildman–Crippen LogP) is 7.93. The van der Waals surface area contributed by atoms with Crippen LogP contribution in [0.3, 0.4) is 0 Å². The van der Waals surface area contributed by atoms with Crippen molar-refractivity contribution >= 4 is 5.97 Å². The lowest BCUT2D eigenvalue weighted by Crippen LogP contribution is -2.78. The van der Waals surface area contributed by atoms with Gasteiger partial charge < -0.3 is 4.74 Å². The van der Waals surface area contributed by atoms with Gasteiger partial charge in [0.1, 0.15) is 0 Å². The quantitative estimate of drug-likeness (QED) is 0.120. The van der Waals surface area contributed by atoms with E-state index in [-0.39, 0.29) is 0 Å². The number of carbonyl (C=O) groups is 1. The van der Waals surface area contributed by atoms with Crippen LogP contribution in [0.2, 0.25) is 0 Å². The average molecular weight is 672 g/mol. The van der Waals surface area contributed by atoms with Crippen LogP contribution in [0.15, 0.2) is 12.7 Å². The molecule has 0 aliphatic rings. The van der Waals surface area contributed by atoms with Gasteiger partial charge in [-0.3, -0.25) is 0 Å². The maximum absolute atomic E-state index is 13.6. The van der Waals surface area contributed by atoms with Crippen molar-refractivity contribution in [2.75, 3.05) is 0 Å². The van der Waals surface area contributed by atoms with Crippen LogP contribution in [0.25, 0.3) is 0 Å². The fourth-order valence-electron chi connectivity index (χ4n) is 2.13. The molecule has 0 aromatic rings. The number of hydrogen-bond acceptors (Lipinski definition) is 2.